The molecular formula is C18H25F3N4O2. The Hall–Kier alpha value is -2.29. The van der Waals surface area contributed by atoms with Gasteiger partial charge in [0.2, 0.25) is 5.91 Å². The topological polar surface area (TPSA) is 74.8 Å². The molecule has 0 heterocycles. The number of carbonyl (C=O) groups is 1. The highest BCUT2D eigenvalue weighted by Crippen LogP contribution is 2.43. The number of hydrogen-bond acceptors (Lipinski definition) is 3. The van der Waals surface area contributed by atoms with Crippen molar-refractivity contribution in [1.82, 2.24) is 10.6 Å². The van der Waals surface area contributed by atoms with Crippen LogP contribution in [0.4, 0.5) is 18.9 Å². The van der Waals surface area contributed by atoms with Crippen molar-refractivity contribution in [2.75, 3.05) is 39.2 Å². The Labute approximate surface area is 156 Å². The average Bonchev–Trinajstić information content (AvgIpc) is 2.63. The van der Waals surface area contributed by atoms with Gasteiger partial charge in [-0.2, -0.15) is 0 Å². The molecule has 0 bridgehead atoms. The summed E-state index contributed by atoms with van der Waals surface area (Å²) in [6.07, 6.45) is 4.34. The van der Waals surface area contributed by atoms with E-state index in [0.29, 0.717) is 19.1 Å². The van der Waals surface area contributed by atoms with Gasteiger partial charge in [0.05, 0.1) is 12.2 Å². The van der Waals surface area contributed by atoms with Gasteiger partial charge in [0.25, 0.3) is 0 Å². The summed E-state index contributed by atoms with van der Waals surface area (Å²) in [5, 5.41) is 8.20. The van der Waals surface area contributed by atoms with Gasteiger partial charge in [0, 0.05) is 27.3 Å². The van der Waals surface area contributed by atoms with Gasteiger partial charge < -0.3 is 20.7 Å². The first-order valence-electron chi connectivity index (χ1n) is 8.77. The molecule has 0 saturated heterocycles. The van der Waals surface area contributed by atoms with E-state index in [0.717, 1.165) is 31.4 Å². The Balaban J connectivity index is 1.82. The fraction of sp³-hybridized carbons (Fsp3) is 0.556. The minimum atomic E-state index is -1.62. The number of guanidine groups is 1. The molecule has 27 heavy (non-hydrogen) atoms. The smallest absolute Gasteiger partial charge is 0.243 e. The van der Waals surface area contributed by atoms with E-state index in [9.17, 15) is 18.0 Å². The number of carbonyl (C=O) groups excluding carboxylic acids is 1. The van der Waals surface area contributed by atoms with Gasteiger partial charge in [-0.3, -0.25) is 9.79 Å². The van der Waals surface area contributed by atoms with E-state index in [-0.39, 0.29) is 12.0 Å². The number of amides is 1. The second-order valence-corrected chi connectivity index (χ2v) is 6.65. The van der Waals surface area contributed by atoms with Crippen molar-refractivity contribution in [1.29, 1.82) is 0 Å². The lowest BCUT2D eigenvalue weighted by Crippen LogP contribution is -2.48. The lowest BCUT2D eigenvalue weighted by molar-refractivity contribution is -0.115. The summed E-state index contributed by atoms with van der Waals surface area (Å²) < 4.78 is 44.9. The quantitative estimate of drug-likeness (QED) is 0.364. The Morgan fingerprint density at radius 3 is 2.56 bits per heavy atom. The highest BCUT2D eigenvalue weighted by molar-refractivity contribution is 5.95. The SMILES string of the molecule is CN=C(NCC(=O)Nc1ccc(F)c(F)c1F)NCC1(CCOC)CCC1. The standard InChI is InChI=1S/C18H25F3N4O2/c1-22-17(24-11-18(6-3-7-18)8-9-27-2)23-10-14(26)25-13-5-4-12(19)15(20)16(13)21/h4-5H,3,6-11H2,1-2H3,(H,25,26)(H2,22,23,24). The molecule has 150 valence electrons. The number of nitrogens with one attached hydrogen (secondary N) is 3. The molecule has 0 unspecified atom stereocenters. The van der Waals surface area contributed by atoms with Crippen LogP contribution >= 0.6 is 0 Å². The minimum absolute atomic E-state index is 0.171. The van der Waals surface area contributed by atoms with Crippen LogP contribution in [0.15, 0.2) is 17.1 Å². The van der Waals surface area contributed by atoms with Gasteiger partial charge in [0.1, 0.15) is 0 Å². The van der Waals surface area contributed by atoms with Crippen LogP contribution in [0, 0.1) is 22.9 Å². The Morgan fingerprint density at radius 1 is 1.22 bits per heavy atom. The van der Waals surface area contributed by atoms with Gasteiger partial charge >= 0.3 is 0 Å². The third kappa shape index (κ3) is 5.59. The number of ether oxygens (including phenoxy) is 1. The molecule has 1 aromatic rings. The molecule has 1 amide bonds. The maximum Gasteiger partial charge on any atom is 0.243 e. The van der Waals surface area contributed by atoms with E-state index in [2.05, 4.69) is 20.9 Å². The number of anilines is 1. The van der Waals surface area contributed by atoms with Gasteiger partial charge in [0.15, 0.2) is 23.4 Å². The lowest BCUT2D eigenvalue weighted by Gasteiger charge is -2.42. The van der Waals surface area contributed by atoms with Gasteiger partial charge in [-0.25, -0.2) is 13.2 Å². The van der Waals surface area contributed by atoms with Crippen LogP contribution in [0.3, 0.4) is 0 Å². The van der Waals surface area contributed by atoms with Crippen LogP contribution in [0.1, 0.15) is 25.7 Å². The van der Waals surface area contributed by atoms with Crippen LogP contribution < -0.4 is 16.0 Å². The maximum absolute atomic E-state index is 13.6. The molecule has 0 atom stereocenters. The van der Waals surface area contributed by atoms with E-state index < -0.39 is 29.0 Å². The molecular weight excluding hydrogens is 361 g/mol. The van der Waals surface area contributed by atoms with Crippen LogP contribution in [-0.2, 0) is 9.53 Å². The lowest BCUT2D eigenvalue weighted by atomic mass is 9.67. The van der Waals surface area contributed by atoms with E-state index in [1.165, 1.54) is 6.42 Å². The van der Waals surface area contributed by atoms with E-state index >= 15 is 0 Å². The molecule has 6 nitrogen and oxygen atoms in total. The maximum atomic E-state index is 13.6. The highest BCUT2D eigenvalue weighted by atomic mass is 19.2. The monoisotopic (exact) mass is 386 g/mol. The average molecular weight is 386 g/mol. The third-order valence-corrected chi connectivity index (χ3v) is 4.83. The summed E-state index contributed by atoms with van der Waals surface area (Å²) in [5.41, 5.74) is -0.248. The number of halogens is 3. The van der Waals surface area contributed by atoms with Gasteiger partial charge in [-0.15, -0.1) is 0 Å². The molecule has 9 heteroatoms. The van der Waals surface area contributed by atoms with Crippen molar-refractivity contribution in [3.05, 3.63) is 29.6 Å². The largest absolute Gasteiger partial charge is 0.385 e. The number of benzene rings is 1. The summed E-state index contributed by atoms with van der Waals surface area (Å²) in [4.78, 5) is 16.0. The summed E-state index contributed by atoms with van der Waals surface area (Å²) in [7, 11) is 3.25. The first-order chi connectivity index (χ1) is 12.9. The molecule has 2 rings (SSSR count). The van der Waals surface area contributed by atoms with Crippen molar-refractivity contribution < 1.29 is 22.7 Å². The zero-order valence-corrected chi connectivity index (χ0v) is 15.5. The Morgan fingerprint density at radius 2 is 1.96 bits per heavy atom. The van der Waals surface area contributed by atoms with Crippen LogP contribution in [-0.4, -0.2) is 45.7 Å². The molecule has 0 radical (unpaired) electrons. The fourth-order valence-corrected chi connectivity index (χ4v) is 2.98. The normalized spacial score (nSPS) is 15.8. The molecule has 1 fully saturated rings. The number of nitrogens with zero attached hydrogens (tertiary/aromatic N) is 1. The predicted molar refractivity (Wildman–Crippen MR) is 97.1 cm³/mol. The Bertz CT molecular complexity index is 693. The van der Waals surface area contributed by atoms with Gasteiger partial charge in [-0.1, -0.05) is 6.42 Å². The number of methoxy groups -OCH3 is 1. The second kappa shape index (κ2) is 9.59. The van der Waals surface area contributed by atoms with Crippen LogP contribution in [0.25, 0.3) is 0 Å². The predicted octanol–water partition coefficient (Wildman–Crippen LogP) is 2.41. The first-order valence-corrected chi connectivity index (χ1v) is 8.77. The number of rotatable bonds is 8. The van der Waals surface area contributed by atoms with Crippen LogP contribution in [0.5, 0.6) is 0 Å². The van der Waals surface area contributed by atoms with Crippen molar-refractivity contribution in [3.8, 4) is 0 Å². The van der Waals surface area contributed by atoms with Crippen molar-refractivity contribution in [2.24, 2.45) is 10.4 Å². The number of aliphatic imine (C=N–C) groups is 1. The van der Waals surface area contributed by atoms with Crippen molar-refractivity contribution in [2.45, 2.75) is 25.7 Å². The molecule has 1 saturated carbocycles. The highest BCUT2D eigenvalue weighted by Gasteiger charge is 2.36. The Kier molecular flexibility index (Phi) is 7.46. The molecule has 1 aliphatic rings. The van der Waals surface area contributed by atoms with E-state index in [4.69, 9.17) is 4.74 Å². The number of hydrogen-bond donors (Lipinski definition) is 3. The van der Waals surface area contributed by atoms with Crippen molar-refractivity contribution >= 4 is 17.6 Å². The summed E-state index contributed by atoms with van der Waals surface area (Å²) in [6.45, 7) is 1.19. The minimum Gasteiger partial charge on any atom is -0.385 e. The van der Waals surface area contributed by atoms with Crippen molar-refractivity contribution in [3.63, 3.8) is 0 Å². The summed E-state index contributed by atoms with van der Waals surface area (Å²) >= 11 is 0. The van der Waals surface area contributed by atoms with Gasteiger partial charge in [-0.05, 0) is 36.8 Å². The molecule has 0 aliphatic heterocycles. The molecule has 1 aromatic carbocycles. The zero-order chi connectivity index (χ0) is 19.9. The summed E-state index contributed by atoms with van der Waals surface area (Å²) in [5.74, 6) is -4.55. The molecule has 0 aromatic heterocycles. The zero-order valence-electron chi connectivity index (χ0n) is 15.5. The van der Waals surface area contributed by atoms with Crippen LogP contribution in [0.2, 0.25) is 0 Å². The van der Waals surface area contributed by atoms with E-state index in [1.54, 1.807) is 14.2 Å². The third-order valence-electron chi connectivity index (χ3n) is 4.83. The molecule has 3 N–H and O–H groups in total. The molecule has 0 spiro atoms. The second-order valence-electron chi connectivity index (χ2n) is 6.65. The first kappa shape index (κ1) is 21.0. The van der Waals surface area contributed by atoms with E-state index in [1.807, 2.05) is 0 Å². The molecule has 1 aliphatic carbocycles. The fourth-order valence-electron chi connectivity index (χ4n) is 2.98. The summed E-state index contributed by atoms with van der Waals surface area (Å²) in [6, 6.07) is 1.72.